The molecular weight excluding hydrogens is 242 g/mol. The molecule has 0 aliphatic carbocycles. The van der Waals surface area contributed by atoms with E-state index in [0.29, 0.717) is 5.56 Å². The summed E-state index contributed by atoms with van der Waals surface area (Å²) >= 11 is 0. The Labute approximate surface area is 113 Å². The van der Waals surface area contributed by atoms with Crippen LogP contribution in [0.15, 0.2) is 18.2 Å². The van der Waals surface area contributed by atoms with Gasteiger partial charge >= 0.3 is 5.97 Å². The predicted molar refractivity (Wildman–Crippen MR) is 74.6 cm³/mol. The summed E-state index contributed by atoms with van der Waals surface area (Å²) in [5, 5.41) is 18.3. The lowest BCUT2D eigenvalue weighted by atomic mass is 9.94. The maximum absolute atomic E-state index is 11.0. The van der Waals surface area contributed by atoms with Crippen LogP contribution in [0, 0.1) is 5.92 Å². The molecule has 0 aromatic heterocycles. The third kappa shape index (κ3) is 3.07. The van der Waals surface area contributed by atoms with Crippen molar-refractivity contribution >= 4 is 11.7 Å². The van der Waals surface area contributed by atoms with Crippen molar-refractivity contribution in [3.05, 3.63) is 29.3 Å². The zero-order valence-electron chi connectivity index (χ0n) is 11.3. The minimum absolute atomic E-state index is 0.190. The predicted octanol–water partition coefficient (Wildman–Crippen LogP) is 2.50. The van der Waals surface area contributed by atoms with E-state index in [4.69, 9.17) is 5.11 Å². The number of carbonyl (C=O) groups is 1. The van der Waals surface area contributed by atoms with Gasteiger partial charge in [-0.15, -0.1) is 0 Å². The average molecular weight is 263 g/mol. The zero-order valence-corrected chi connectivity index (χ0v) is 11.3. The van der Waals surface area contributed by atoms with Crippen LogP contribution in [0.4, 0.5) is 5.69 Å². The summed E-state index contributed by atoms with van der Waals surface area (Å²) in [6.07, 6.45) is 3.60. The average Bonchev–Trinajstić information content (AvgIpc) is 2.46. The summed E-state index contributed by atoms with van der Waals surface area (Å²) < 4.78 is 0. The molecule has 1 aliphatic heterocycles. The Morgan fingerprint density at radius 2 is 2.05 bits per heavy atom. The Hall–Kier alpha value is -1.55. The van der Waals surface area contributed by atoms with Crippen molar-refractivity contribution in [3.63, 3.8) is 0 Å². The molecule has 2 rings (SSSR count). The molecule has 19 heavy (non-hydrogen) atoms. The van der Waals surface area contributed by atoms with Crippen molar-refractivity contribution in [2.45, 2.75) is 32.8 Å². The van der Waals surface area contributed by atoms with Crippen LogP contribution in [-0.2, 0) is 6.61 Å². The van der Waals surface area contributed by atoms with Crippen LogP contribution < -0.4 is 4.90 Å². The fraction of sp³-hybridized carbons (Fsp3) is 0.533. The normalized spacial score (nSPS) is 16.6. The summed E-state index contributed by atoms with van der Waals surface area (Å²) in [4.78, 5) is 13.3. The van der Waals surface area contributed by atoms with Gasteiger partial charge in [0.25, 0.3) is 0 Å². The summed E-state index contributed by atoms with van der Waals surface area (Å²) in [6, 6.07) is 5.24. The lowest BCUT2D eigenvalue weighted by molar-refractivity contribution is 0.0693. The molecule has 4 nitrogen and oxygen atoms in total. The molecule has 0 unspecified atom stereocenters. The van der Waals surface area contributed by atoms with E-state index in [2.05, 4.69) is 11.8 Å². The second kappa shape index (κ2) is 6.06. The Morgan fingerprint density at radius 1 is 1.37 bits per heavy atom. The number of nitrogens with zero attached hydrogens (tertiary/aromatic N) is 1. The molecule has 1 aromatic rings. The van der Waals surface area contributed by atoms with Gasteiger partial charge in [0.1, 0.15) is 0 Å². The van der Waals surface area contributed by atoms with E-state index in [-0.39, 0.29) is 12.2 Å². The summed E-state index contributed by atoms with van der Waals surface area (Å²) in [5.74, 6) is -0.174. The molecule has 0 amide bonds. The van der Waals surface area contributed by atoms with E-state index < -0.39 is 5.97 Å². The number of aliphatic hydroxyl groups is 1. The van der Waals surface area contributed by atoms with E-state index in [1.807, 2.05) is 6.07 Å². The van der Waals surface area contributed by atoms with Crippen LogP contribution in [0.5, 0.6) is 0 Å². The molecule has 2 N–H and O–H groups in total. The van der Waals surface area contributed by atoms with E-state index in [9.17, 15) is 9.90 Å². The first kappa shape index (κ1) is 13.9. The molecule has 0 radical (unpaired) electrons. The number of carboxylic acid groups (broad SMARTS) is 1. The summed E-state index contributed by atoms with van der Waals surface area (Å²) in [7, 11) is 0. The van der Waals surface area contributed by atoms with Crippen molar-refractivity contribution < 1.29 is 15.0 Å². The first-order valence-electron chi connectivity index (χ1n) is 6.87. The number of hydrogen-bond donors (Lipinski definition) is 2. The third-order valence-corrected chi connectivity index (χ3v) is 4.05. The van der Waals surface area contributed by atoms with Gasteiger partial charge in [0.2, 0.25) is 0 Å². The third-order valence-electron chi connectivity index (χ3n) is 4.05. The second-order valence-corrected chi connectivity index (χ2v) is 5.14. The van der Waals surface area contributed by atoms with E-state index >= 15 is 0 Å². The summed E-state index contributed by atoms with van der Waals surface area (Å²) in [5.41, 5.74) is 1.70. The smallest absolute Gasteiger partial charge is 0.336 e. The van der Waals surface area contributed by atoms with Gasteiger partial charge < -0.3 is 15.1 Å². The molecule has 104 valence electrons. The number of anilines is 1. The van der Waals surface area contributed by atoms with Gasteiger partial charge in [0.05, 0.1) is 12.2 Å². The van der Waals surface area contributed by atoms with Crippen molar-refractivity contribution in [3.8, 4) is 0 Å². The molecule has 4 heteroatoms. The van der Waals surface area contributed by atoms with Gasteiger partial charge in [0.15, 0.2) is 0 Å². The SMILES string of the molecule is CCC1CCN(c2ccc(C(=O)O)c(CO)c2)CC1. The van der Waals surface area contributed by atoms with Crippen LogP contribution in [0.2, 0.25) is 0 Å². The Bertz CT molecular complexity index is 451. The van der Waals surface area contributed by atoms with Crippen LogP contribution in [-0.4, -0.2) is 29.3 Å². The lowest BCUT2D eigenvalue weighted by Gasteiger charge is -2.33. The fourth-order valence-electron chi connectivity index (χ4n) is 2.72. The minimum atomic E-state index is -0.986. The van der Waals surface area contributed by atoms with Gasteiger partial charge in [-0.3, -0.25) is 0 Å². The largest absolute Gasteiger partial charge is 0.478 e. The highest BCUT2D eigenvalue weighted by Gasteiger charge is 2.19. The highest BCUT2D eigenvalue weighted by molar-refractivity contribution is 5.90. The van der Waals surface area contributed by atoms with Gasteiger partial charge in [-0.25, -0.2) is 4.79 Å². The Morgan fingerprint density at radius 3 is 2.58 bits per heavy atom. The molecule has 1 aromatic carbocycles. The quantitative estimate of drug-likeness (QED) is 0.876. The highest BCUT2D eigenvalue weighted by Crippen LogP contribution is 2.26. The first-order valence-corrected chi connectivity index (χ1v) is 6.87. The molecule has 1 aliphatic rings. The number of aromatic carboxylic acids is 1. The van der Waals surface area contributed by atoms with Crippen LogP contribution in [0.1, 0.15) is 42.1 Å². The number of carboxylic acids is 1. The van der Waals surface area contributed by atoms with Crippen molar-refractivity contribution in [2.75, 3.05) is 18.0 Å². The molecule has 0 saturated carbocycles. The van der Waals surface area contributed by atoms with E-state index in [1.165, 1.54) is 19.3 Å². The topological polar surface area (TPSA) is 60.8 Å². The number of rotatable bonds is 4. The van der Waals surface area contributed by atoms with Gasteiger partial charge in [-0.2, -0.15) is 0 Å². The second-order valence-electron chi connectivity index (χ2n) is 5.14. The van der Waals surface area contributed by atoms with E-state index in [0.717, 1.165) is 24.7 Å². The van der Waals surface area contributed by atoms with Gasteiger partial charge in [0, 0.05) is 18.8 Å². The zero-order chi connectivity index (χ0) is 13.8. The van der Waals surface area contributed by atoms with Crippen LogP contribution >= 0.6 is 0 Å². The van der Waals surface area contributed by atoms with Crippen LogP contribution in [0.3, 0.4) is 0 Å². The first-order chi connectivity index (χ1) is 9.15. The number of benzene rings is 1. The molecule has 1 fully saturated rings. The lowest BCUT2D eigenvalue weighted by Crippen LogP contribution is -2.33. The number of hydrogen-bond acceptors (Lipinski definition) is 3. The maximum Gasteiger partial charge on any atom is 0.336 e. The molecule has 1 heterocycles. The van der Waals surface area contributed by atoms with E-state index in [1.54, 1.807) is 12.1 Å². The highest BCUT2D eigenvalue weighted by atomic mass is 16.4. The van der Waals surface area contributed by atoms with Gasteiger partial charge in [-0.05, 0) is 42.5 Å². The molecular formula is C15H21NO3. The standard InChI is InChI=1S/C15H21NO3/c1-2-11-5-7-16(8-6-11)13-3-4-14(15(18)19)12(9-13)10-17/h3-4,9,11,17H,2,5-8,10H2,1H3,(H,18,19). The van der Waals surface area contributed by atoms with Gasteiger partial charge in [-0.1, -0.05) is 13.3 Å². The molecule has 0 bridgehead atoms. The van der Waals surface area contributed by atoms with Crippen LogP contribution in [0.25, 0.3) is 0 Å². The number of aliphatic hydroxyl groups excluding tert-OH is 1. The monoisotopic (exact) mass is 263 g/mol. The van der Waals surface area contributed by atoms with Crippen molar-refractivity contribution in [1.82, 2.24) is 0 Å². The minimum Gasteiger partial charge on any atom is -0.478 e. The van der Waals surface area contributed by atoms with Crippen molar-refractivity contribution in [1.29, 1.82) is 0 Å². The Kier molecular flexibility index (Phi) is 4.43. The molecule has 0 spiro atoms. The molecule has 0 atom stereocenters. The fourth-order valence-corrected chi connectivity index (χ4v) is 2.72. The Balaban J connectivity index is 2.15. The van der Waals surface area contributed by atoms with Crippen molar-refractivity contribution in [2.24, 2.45) is 5.92 Å². The summed E-state index contributed by atoms with van der Waals surface area (Å²) in [6.45, 7) is 4.01. The number of piperidine rings is 1. The molecule has 1 saturated heterocycles. The maximum atomic E-state index is 11.0.